The molecule has 86 valence electrons. The summed E-state index contributed by atoms with van der Waals surface area (Å²) in [7, 11) is 1.76. The van der Waals surface area contributed by atoms with Gasteiger partial charge in [-0.2, -0.15) is 5.26 Å². The average molecular weight is 218 g/mol. The van der Waals surface area contributed by atoms with E-state index in [-0.39, 0.29) is 6.04 Å². The van der Waals surface area contributed by atoms with Gasteiger partial charge in [0.2, 0.25) is 0 Å². The van der Waals surface area contributed by atoms with Crippen molar-refractivity contribution >= 4 is 0 Å². The smallest absolute Gasteiger partial charge is 0.129 e. The van der Waals surface area contributed by atoms with E-state index in [1.807, 2.05) is 19.9 Å². The van der Waals surface area contributed by atoms with E-state index in [0.717, 1.165) is 16.9 Å². The highest BCUT2D eigenvalue weighted by Crippen LogP contribution is 2.25. The number of hydrogen-bond acceptors (Lipinski definition) is 3. The molecule has 16 heavy (non-hydrogen) atoms. The molecule has 1 unspecified atom stereocenters. The van der Waals surface area contributed by atoms with Gasteiger partial charge in [0.05, 0.1) is 6.07 Å². The minimum atomic E-state index is -0.265. The van der Waals surface area contributed by atoms with Gasteiger partial charge < -0.3 is 10.1 Å². The molecule has 0 radical (unpaired) electrons. The van der Waals surface area contributed by atoms with Crippen molar-refractivity contribution in [3.05, 3.63) is 28.8 Å². The van der Waals surface area contributed by atoms with Gasteiger partial charge in [0, 0.05) is 0 Å². The van der Waals surface area contributed by atoms with E-state index in [4.69, 9.17) is 10.00 Å². The molecule has 1 N–H and O–H groups in total. The number of hydrogen-bond donors (Lipinski definition) is 1. The first-order valence-corrected chi connectivity index (χ1v) is 5.36. The molecule has 3 heteroatoms. The Morgan fingerprint density at radius 1 is 1.31 bits per heavy atom. The van der Waals surface area contributed by atoms with Crippen LogP contribution in [0.4, 0.5) is 0 Å². The summed E-state index contributed by atoms with van der Waals surface area (Å²) in [6.45, 7) is 6.49. The molecule has 0 aromatic heterocycles. The molecule has 1 atom stereocenters. The lowest BCUT2D eigenvalue weighted by atomic mass is 10.1. The third-order valence-corrected chi connectivity index (χ3v) is 2.77. The zero-order valence-electron chi connectivity index (χ0n) is 10.3. The lowest BCUT2D eigenvalue weighted by molar-refractivity contribution is 0.291. The van der Waals surface area contributed by atoms with Gasteiger partial charge in [-0.1, -0.05) is 12.1 Å². The highest BCUT2D eigenvalue weighted by Gasteiger charge is 2.09. The number of aryl methyl sites for hydroxylation is 2. The third-order valence-electron chi connectivity index (χ3n) is 2.77. The number of rotatable bonds is 4. The fourth-order valence-electron chi connectivity index (χ4n) is 1.50. The summed E-state index contributed by atoms with van der Waals surface area (Å²) >= 11 is 0. The Labute approximate surface area is 97.0 Å². The van der Waals surface area contributed by atoms with Crippen LogP contribution < -0.4 is 10.1 Å². The summed E-state index contributed by atoms with van der Waals surface area (Å²) in [5, 5.41) is 11.7. The van der Waals surface area contributed by atoms with Gasteiger partial charge in [0.25, 0.3) is 0 Å². The molecule has 0 saturated heterocycles. The monoisotopic (exact) mass is 218 g/mol. The topological polar surface area (TPSA) is 45.0 Å². The van der Waals surface area contributed by atoms with Gasteiger partial charge in [-0.15, -0.1) is 0 Å². The van der Waals surface area contributed by atoms with Crippen LogP contribution >= 0.6 is 0 Å². The molecule has 1 aromatic carbocycles. The molecule has 0 heterocycles. The van der Waals surface area contributed by atoms with Crippen LogP contribution in [-0.4, -0.2) is 19.7 Å². The van der Waals surface area contributed by atoms with Crippen molar-refractivity contribution in [2.75, 3.05) is 13.7 Å². The number of nitriles is 1. The number of benzene rings is 1. The highest BCUT2D eigenvalue weighted by molar-refractivity contribution is 5.44. The van der Waals surface area contributed by atoms with Crippen LogP contribution in [0.1, 0.15) is 16.7 Å². The number of nitrogens with one attached hydrogen (secondary N) is 1. The lowest BCUT2D eigenvalue weighted by Crippen LogP contribution is -2.30. The van der Waals surface area contributed by atoms with Crippen molar-refractivity contribution in [1.82, 2.24) is 5.32 Å². The Bertz CT molecular complexity index is 407. The van der Waals surface area contributed by atoms with Gasteiger partial charge >= 0.3 is 0 Å². The Balaban J connectivity index is 2.82. The minimum absolute atomic E-state index is 0.265. The van der Waals surface area contributed by atoms with Crippen molar-refractivity contribution in [2.24, 2.45) is 0 Å². The first kappa shape index (κ1) is 12.5. The number of likely N-dealkylation sites (N-methyl/N-ethyl adjacent to an activating group) is 1. The van der Waals surface area contributed by atoms with Crippen molar-refractivity contribution in [3.63, 3.8) is 0 Å². The Hall–Kier alpha value is -1.53. The molecular formula is C13H18N2O. The minimum Gasteiger partial charge on any atom is -0.490 e. The normalized spacial score (nSPS) is 11.9. The first-order chi connectivity index (χ1) is 7.60. The van der Waals surface area contributed by atoms with E-state index in [1.165, 1.54) is 5.56 Å². The van der Waals surface area contributed by atoms with Crippen molar-refractivity contribution in [1.29, 1.82) is 5.26 Å². The third kappa shape index (κ3) is 2.74. The van der Waals surface area contributed by atoms with Crippen LogP contribution in [0.3, 0.4) is 0 Å². The van der Waals surface area contributed by atoms with Gasteiger partial charge in [0.1, 0.15) is 18.4 Å². The number of nitrogens with zero attached hydrogens (tertiary/aromatic N) is 1. The van der Waals surface area contributed by atoms with Gasteiger partial charge in [-0.3, -0.25) is 0 Å². The molecule has 3 nitrogen and oxygen atoms in total. The van der Waals surface area contributed by atoms with Gasteiger partial charge in [-0.05, 0) is 44.5 Å². The highest BCUT2D eigenvalue weighted by atomic mass is 16.5. The fraction of sp³-hybridized carbons (Fsp3) is 0.462. The summed E-state index contributed by atoms with van der Waals surface area (Å²) < 4.78 is 5.71. The molecule has 0 bridgehead atoms. The molecule has 0 aliphatic heterocycles. The van der Waals surface area contributed by atoms with Crippen molar-refractivity contribution in [2.45, 2.75) is 26.8 Å². The summed E-state index contributed by atoms with van der Waals surface area (Å²) in [5.41, 5.74) is 3.46. The average Bonchev–Trinajstić information content (AvgIpc) is 2.29. The summed E-state index contributed by atoms with van der Waals surface area (Å²) in [5.74, 6) is 0.899. The van der Waals surface area contributed by atoms with E-state index in [0.29, 0.717) is 6.61 Å². The van der Waals surface area contributed by atoms with Crippen LogP contribution in [0.2, 0.25) is 0 Å². The molecule has 0 aliphatic carbocycles. The van der Waals surface area contributed by atoms with E-state index in [2.05, 4.69) is 24.4 Å². The van der Waals surface area contributed by atoms with Crippen LogP contribution in [0.5, 0.6) is 5.75 Å². The zero-order valence-corrected chi connectivity index (χ0v) is 10.3. The zero-order chi connectivity index (χ0) is 12.1. The second-order valence-electron chi connectivity index (χ2n) is 3.93. The molecule has 0 spiro atoms. The molecule has 0 saturated carbocycles. The number of ether oxygens (including phenoxy) is 1. The summed E-state index contributed by atoms with van der Waals surface area (Å²) in [4.78, 5) is 0. The summed E-state index contributed by atoms with van der Waals surface area (Å²) in [6, 6.07) is 6.00. The van der Waals surface area contributed by atoms with E-state index in [1.54, 1.807) is 7.05 Å². The van der Waals surface area contributed by atoms with Crippen LogP contribution in [0, 0.1) is 32.1 Å². The van der Waals surface area contributed by atoms with Gasteiger partial charge in [0.15, 0.2) is 0 Å². The van der Waals surface area contributed by atoms with Crippen molar-refractivity contribution < 1.29 is 4.74 Å². The second kappa shape index (κ2) is 5.53. The van der Waals surface area contributed by atoms with Crippen LogP contribution in [0.25, 0.3) is 0 Å². The quantitative estimate of drug-likeness (QED) is 0.841. The Morgan fingerprint density at radius 3 is 2.50 bits per heavy atom. The maximum atomic E-state index is 8.80. The van der Waals surface area contributed by atoms with E-state index >= 15 is 0 Å². The van der Waals surface area contributed by atoms with E-state index in [9.17, 15) is 0 Å². The van der Waals surface area contributed by atoms with E-state index < -0.39 is 0 Å². The largest absolute Gasteiger partial charge is 0.490 e. The predicted octanol–water partition coefficient (Wildman–Crippen LogP) is 2.10. The Morgan fingerprint density at radius 2 is 1.94 bits per heavy atom. The maximum absolute atomic E-state index is 8.80. The maximum Gasteiger partial charge on any atom is 0.129 e. The Kier molecular flexibility index (Phi) is 4.33. The molecule has 1 rings (SSSR count). The molecular weight excluding hydrogens is 200 g/mol. The lowest BCUT2D eigenvalue weighted by Gasteiger charge is -2.15. The summed E-state index contributed by atoms with van der Waals surface area (Å²) in [6.07, 6.45) is 0. The standard InChI is InChI=1S/C13H18N2O/c1-9-5-6-10(2)13(11(9)3)16-8-12(7-14)15-4/h5-6,12,15H,8H2,1-4H3. The molecule has 0 aliphatic rings. The molecule has 0 fully saturated rings. The first-order valence-electron chi connectivity index (χ1n) is 5.36. The SMILES string of the molecule is CNC(C#N)COc1c(C)ccc(C)c1C. The van der Waals surface area contributed by atoms with Gasteiger partial charge in [-0.25, -0.2) is 0 Å². The molecule has 1 aromatic rings. The van der Waals surface area contributed by atoms with Crippen LogP contribution in [-0.2, 0) is 0 Å². The predicted molar refractivity (Wildman–Crippen MR) is 64.6 cm³/mol. The molecule has 0 amide bonds. The van der Waals surface area contributed by atoms with Crippen LogP contribution in [0.15, 0.2) is 12.1 Å². The fourth-order valence-corrected chi connectivity index (χ4v) is 1.50. The second-order valence-corrected chi connectivity index (χ2v) is 3.93. The van der Waals surface area contributed by atoms with Crippen molar-refractivity contribution in [3.8, 4) is 11.8 Å².